The summed E-state index contributed by atoms with van der Waals surface area (Å²) >= 11 is 0. The molecule has 4 nitrogen and oxygen atoms in total. The maximum Gasteiger partial charge on any atom is 0.335 e. The predicted octanol–water partition coefficient (Wildman–Crippen LogP) is 2.52. The number of carbonyl (C=O) groups is 1. The Morgan fingerprint density at radius 3 is 2.61 bits per heavy atom. The number of ether oxygens (including phenoxy) is 2. The Kier molecular flexibility index (Phi) is 6.19. The minimum absolute atomic E-state index is 0.122. The van der Waals surface area contributed by atoms with Crippen LogP contribution >= 0.6 is 0 Å². The molecule has 1 atom stereocenters. The van der Waals surface area contributed by atoms with Crippen LogP contribution in [0.2, 0.25) is 0 Å². The van der Waals surface area contributed by atoms with Crippen molar-refractivity contribution < 1.29 is 14.3 Å². The fraction of sp³-hybridized carbons (Fsp3) is 0.786. The number of hydrogen-bond donors (Lipinski definition) is 1. The van der Waals surface area contributed by atoms with E-state index < -0.39 is 0 Å². The van der Waals surface area contributed by atoms with Crippen LogP contribution < -0.4 is 5.73 Å². The molecule has 0 saturated heterocycles. The van der Waals surface area contributed by atoms with Gasteiger partial charge in [0.2, 0.25) is 0 Å². The first-order valence-corrected chi connectivity index (χ1v) is 6.95. The molecule has 0 aromatic carbocycles. The van der Waals surface area contributed by atoms with E-state index in [0.29, 0.717) is 24.3 Å². The zero-order chi connectivity index (χ0) is 13.5. The molecule has 1 aliphatic rings. The maximum absolute atomic E-state index is 11.8. The summed E-state index contributed by atoms with van der Waals surface area (Å²) < 4.78 is 11.0. The van der Waals surface area contributed by atoms with Crippen LogP contribution in [0.4, 0.5) is 0 Å². The van der Waals surface area contributed by atoms with E-state index in [1.807, 2.05) is 0 Å². The largest absolute Gasteiger partial charge is 0.463 e. The standard InChI is InChI=1S/C14H25NO3/c1-4-10(5-2)18-12-9-7-8-11(13(12)15)14(16)17-6-3/h10,12H,4-9,15H2,1-3H3. The lowest BCUT2D eigenvalue weighted by atomic mass is 9.94. The molecule has 0 aliphatic heterocycles. The van der Waals surface area contributed by atoms with E-state index in [1.54, 1.807) is 6.92 Å². The average Bonchev–Trinajstić information content (AvgIpc) is 2.37. The molecular formula is C14H25NO3. The van der Waals surface area contributed by atoms with Crippen molar-refractivity contribution in [2.75, 3.05) is 6.61 Å². The van der Waals surface area contributed by atoms with Gasteiger partial charge in [-0.3, -0.25) is 0 Å². The van der Waals surface area contributed by atoms with Gasteiger partial charge in [0.25, 0.3) is 0 Å². The van der Waals surface area contributed by atoms with Gasteiger partial charge in [-0.15, -0.1) is 0 Å². The molecule has 4 heteroatoms. The molecule has 0 aromatic heterocycles. The quantitative estimate of drug-likeness (QED) is 0.741. The Morgan fingerprint density at radius 1 is 1.39 bits per heavy atom. The van der Waals surface area contributed by atoms with Crippen LogP contribution in [0.5, 0.6) is 0 Å². The van der Waals surface area contributed by atoms with Gasteiger partial charge in [-0.2, -0.15) is 0 Å². The number of carbonyl (C=O) groups excluding carboxylic acids is 1. The Morgan fingerprint density at radius 2 is 2.06 bits per heavy atom. The Bertz CT molecular complexity index is 308. The maximum atomic E-state index is 11.8. The van der Waals surface area contributed by atoms with Crippen LogP contribution in [0.1, 0.15) is 52.9 Å². The van der Waals surface area contributed by atoms with Gasteiger partial charge in [-0.25, -0.2) is 4.79 Å². The van der Waals surface area contributed by atoms with Crippen molar-refractivity contribution in [3.05, 3.63) is 11.3 Å². The summed E-state index contributed by atoms with van der Waals surface area (Å²) in [7, 11) is 0. The van der Waals surface area contributed by atoms with E-state index in [0.717, 1.165) is 25.7 Å². The van der Waals surface area contributed by atoms with Crippen molar-refractivity contribution in [2.45, 2.75) is 65.1 Å². The average molecular weight is 255 g/mol. The highest BCUT2D eigenvalue weighted by atomic mass is 16.5. The highest BCUT2D eigenvalue weighted by Crippen LogP contribution is 2.27. The second-order valence-corrected chi connectivity index (χ2v) is 4.61. The van der Waals surface area contributed by atoms with Crippen molar-refractivity contribution in [3.63, 3.8) is 0 Å². The van der Waals surface area contributed by atoms with Crippen LogP contribution in [-0.4, -0.2) is 24.8 Å². The van der Waals surface area contributed by atoms with Crippen molar-refractivity contribution >= 4 is 5.97 Å². The first-order valence-electron chi connectivity index (χ1n) is 6.95. The van der Waals surface area contributed by atoms with E-state index in [1.165, 1.54) is 0 Å². The summed E-state index contributed by atoms with van der Waals surface area (Å²) in [6, 6.07) is 0. The summed E-state index contributed by atoms with van der Waals surface area (Å²) in [6.45, 7) is 6.38. The highest BCUT2D eigenvalue weighted by molar-refractivity contribution is 5.89. The molecule has 0 aromatic rings. The zero-order valence-corrected chi connectivity index (χ0v) is 11.7. The fourth-order valence-electron chi connectivity index (χ4n) is 2.25. The second kappa shape index (κ2) is 7.41. The van der Waals surface area contributed by atoms with E-state index in [-0.39, 0.29) is 18.2 Å². The molecule has 0 spiro atoms. The molecule has 0 amide bonds. The smallest absolute Gasteiger partial charge is 0.335 e. The molecule has 0 saturated carbocycles. The fourth-order valence-corrected chi connectivity index (χ4v) is 2.25. The lowest BCUT2D eigenvalue weighted by Crippen LogP contribution is -2.32. The summed E-state index contributed by atoms with van der Waals surface area (Å²) in [5.41, 5.74) is 7.25. The SMILES string of the molecule is CCOC(=O)C1=C(N)C(OC(CC)CC)CCC1. The molecule has 0 heterocycles. The topological polar surface area (TPSA) is 61.5 Å². The van der Waals surface area contributed by atoms with Gasteiger partial charge in [0.1, 0.15) is 0 Å². The van der Waals surface area contributed by atoms with Gasteiger partial charge in [0.05, 0.1) is 24.4 Å². The third-order valence-corrected chi connectivity index (χ3v) is 3.38. The molecule has 1 unspecified atom stereocenters. The number of rotatable bonds is 6. The van der Waals surface area contributed by atoms with Crippen molar-refractivity contribution in [1.82, 2.24) is 0 Å². The Hall–Kier alpha value is -1.03. The minimum Gasteiger partial charge on any atom is -0.463 e. The summed E-state index contributed by atoms with van der Waals surface area (Å²) in [6.07, 6.45) is 4.56. The number of esters is 1. The van der Waals surface area contributed by atoms with Crippen LogP contribution in [-0.2, 0) is 14.3 Å². The van der Waals surface area contributed by atoms with Gasteiger partial charge < -0.3 is 15.2 Å². The number of hydrogen-bond acceptors (Lipinski definition) is 4. The van der Waals surface area contributed by atoms with E-state index in [9.17, 15) is 4.79 Å². The normalized spacial score (nSPS) is 20.3. The molecule has 0 fully saturated rings. The van der Waals surface area contributed by atoms with Crippen LogP contribution in [0, 0.1) is 0 Å². The first-order chi connectivity index (χ1) is 8.63. The summed E-state index contributed by atoms with van der Waals surface area (Å²) in [5, 5.41) is 0. The third kappa shape index (κ3) is 3.73. The second-order valence-electron chi connectivity index (χ2n) is 4.61. The third-order valence-electron chi connectivity index (χ3n) is 3.38. The minimum atomic E-state index is -0.284. The molecule has 2 N–H and O–H groups in total. The van der Waals surface area contributed by atoms with Gasteiger partial charge in [0, 0.05) is 5.70 Å². The summed E-state index contributed by atoms with van der Waals surface area (Å²) in [4.78, 5) is 11.8. The molecule has 0 radical (unpaired) electrons. The molecule has 18 heavy (non-hydrogen) atoms. The first kappa shape index (κ1) is 15.0. The van der Waals surface area contributed by atoms with Crippen molar-refractivity contribution in [2.24, 2.45) is 5.73 Å². The van der Waals surface area contributed by atoms with Crippen molar-refractivity contribution in [3.8, 4) is 0 Å². The Balaban J connectivity index is 2.75. The molecular weight excluding hydrogens is 230 g/mol. The highest BCUT2D eigenvalue weighted by Gasteiger charge is 2.27. The van der Waals surface area contributed by atoms with E-state index in [4.69, 9.17) is 15.2 Å². The van der Waals surface area contributed by atoms with Gasteiger partial charge in [-0.05, 0) is 39.0 Å². The molecule has 1 rings (SSSR count). The van der Waals surface area contributed by atoms with Crippen LogP contribution in [0.3, 0.4) is 0 Å². The molecule has 0 bridgehead atoms. The van der Waals surface area contributed by atoms with Gasteiger partial charge in [-0.1, -0.05) is 13.8 Å². The van der Waals surface area contributed by atoms with Crippen LogP contribution in [0.25, 0.3) is 0 Å². The molecule has 104 valence electrons. The predicted molar refractivity (Wildman–Crippen MR) is 70.9 cm³/mol. The van der Waals surface area contributed by atoms with Crippen LogP contribution in [0.15, 0.2) is 11.3 Å². The molecule has 1 aliphatic carbocycles. The number of nitrogens with two attached hydrogens (primary N) is 1. The zero-order valence-electron chi connectivity index (χ0n) is 11.7. The Labute approximate surface area is 110 Å². The van der Waals surface area contributed by atoms with Gasteiger partial charge >= 0.3 is 5.97 Å². The lowest BCUT2D eigenvalue weighted by molar-refractivity contribution is -0.139. The van der Waals surface area contributed by atoms with Crippen molar-refractivity contribution in [1.29, 1.82) is 0 Å². The van der Waals surface area contributed by atoms with E-state index >= 15 is 0 Å². The lowest BCUT2D eigenvalue weighted by Gasteiger charge is -2.28. The monoisotopic (exact) mass is 255 g/mol. The van der Waals surface area contributed by atoms with Gasteiger partial charge in [0.15, 0.2) is 0 Å². The van der Waals surface area contributed by atoms with E-state index in [2.05, 4.69) is 13.8 Å². The summed E-state index contributed by atoms with van der Waals surface area (Å²) in [5.74, 6) is -0.284.